The van der Waals surface area contributed by atoms with Gasteiger partial charge < -0.3 is 4.74 Å². The van der Waals surface area contributed by atoms with Crippen molar-refractivity contribution in [1.29, 1.82) is 0 Å². The van der Waals surface area contributed by atoms with Crippen LogP contribution in [-0.2, 0) is 6.61 Å². The maximum absolute atomic E-state index is 12.8. The quantitative estimate of drug-likeness (QED) is 0.198. The molecule has 178 valence electrons. The van der Waals surface area contributed by atoms with Crippen LogP contribution in [0.15, 0.2) is 126 Å². The fourth-order valence-corrected chi connectivity index (χ4v) is 4.66. The Hall–Kier alpha value is -4.96. The number of carbonyl (C=O) groups excluding carboxylic acids is 1. The highest BCUT2D eigenvalue weighted by atomic mass is 16.5. The van der Waals surface area contributed by atoms with E-state index in [1.165, 1.54) is 10.8 Å². The number of amides is 1. The van der Waals surface area contributed by atoms with Crippen molar-refractivity contribution in [2.75, 3.05) is 0 Å². The monoisotopic (exact) mass is 480 g/mol. The molecule has 0 atom stereocenters. The van der Waals surface area contributed by atoms with Crippen LogP contribution in [0.2, 0.25) is 0 Å². The Kier molecular flexibility index (Phi) is 6.05. The van der Waals surface area contributed by atoms with Crippen LogP contribution >= 0.6 is 0 Å². The molecule has 6 rings (SSSR count). The lowest BCUT2D eigenvalue weighted by molar-refractivity contribution is 0.0955. The maximum atomic E-state index is 12.8. The van der Waals surface area contributed by atoms with E-state index in [1.54, 1.807) is 6.21 Å². The predicted molar refractivity (Wildman–Crippen MR) is 151 cm³/mol. The lowest BCUT2D eigenvalue weighted by Crippen LogP contribution is -2.17. The summed E-state index contributed by atoms with van der Waals surface area (Å²) >= 11 is 0. The molecule has 6 aromatic carbocycles. The van der Waals surface area contributed by atoms with Gasteiger partial charge >= 0.3 is 0 Å². The number of fused-ring (bicyclic) bond motifs is 3. The smallest absolute Gasteiger partial charge is 0.271 e. The van der Waals surface area contributed by atoms with Crippen molar-refractivity contribution >= 4 is 44.4 Å². The molecule has 0 aliphatic heterocycles. The van der Waals surface area contributed by atoms with Crippen LogP contribution in [0.3, 0.4) is 0 Å². The van der Waals surface area contributed by atoms with Crippen LogP contribution in [0, 0.1) is 0 Å². The van der Waals surface area contributed by atoms with Crippen molar-refractivity contribution in [2.45, 2.75) is 6.61 Å². The Balaban J connectivity index is 1.27. The molecule has 0 aliphatic carbocycles. The molecule has 0 saturated heterocycles. The molecule has 4 nitrogen and oxygen atoms in total. The first-order chi connectivity index (χ1) is 18.3. The molecule has 0 aromatic heterocycles. The molecule has 1 N–H and O–H groups in total. The second kappa shape index (κ2) is 9.96. The van der Waals surface area contributed by atoms with E-state index in [0.717, 1.165) is 32.7 Å². The molecular weight excluding hydrogens is 456 g/mol. The van der Waals surface area contributed by atoms with Crippen molar-refractivity contribution < 1.29 is 9.53 Å². The van der Waals surface area contributed by atoms with Crippen LogP contribution in [0.25, 0.3) is 32.3 Å². The molecule has 0 fully saturated rings. The lowest BCUT2D eigenvalue weighted by Gasteiger charge is -2.13. The number of hydrogen-bond donors (Lipinski definition) is 1. The zero-order valence-electron chi connectivity index (χ0n) is 20.1. The van der Waals surface area contributed by atoms with Gasteiger partial charge in [0.1, 0.15) is 12.4 Å². The van der Waals surface area contributed by atoms with Crippen molar-refractivity contribution in [1.82, 2.24) is 5.43 Å². The minimum Gasteiger partial charge on any atom is -0.488 e. The van der Waals surface area contributed by atoms with Crippen LogP contribution < -0.4 is 10.2 Å². The van der Waals surface area contributed by atoms with Gasteiger partial charge in [-0.3, -0.25) is 4.79 Å². The molecular formula is C33H24N2O2. The molecule has 1 amide bonds. The molecule has 4 heteroatoms. The summed E-state index contributed by atoms with van der Waals surface area (Å²) in [5, 5.41) is 10.8. The van der Waals surface area contributed by atoms with E-state index in [2.05, 4.69) is 40.9 Å². The highest BCUT2D eigenvalue weighted by Gasteiger charge is 2.10. The number of hydrazone groups is 1. The fraction of sp³-hybridized carbons (Fsp3) is 0.0303. The van der Waals surface area contributed by atoms with E-state index in [-0.39, 0.29) is 5.91 Å². The summed E-state index contributed by atoms with van der Waals surface area (Å²) in [6.07, 6.45) is 1.67. The summed E-state index contributed by atoms with van der Waals surface area (Å²) in [6.45, 7) is 0.421. The van der Waals surface area contributed by atoms with Crippen LogP contribution in [0.1, 0.15) is 21.5 Å². The zero-order chi connectivity index (χ0) is 25.0. The Labute approximate surface area is 214 Å². The topological polar surface area (TPSA) is 50.7 Å². The molecule has 0 heterocycles. The number of ether oxygens (including phenoxy) is 1. The summed E-state index contributed by atoms with van der Waals surface area (Å²) in [4.78, 5) is 12.8. The first kappa shape index (κ1) is 22.5. The summed E-state index contributed by atoms with van der Waals surface area (Å²) < 4.78 is 6.33. The first-order valence-electron chi connectivity index (χ1n) is 12.2. The van der Waals surface area contributed by atoms with Crippen molar-refractivity contribution in [3.05, 3.63) is 138 Å². The highest BCUT2D eigenvalue weighted by molar-refractivity contribution is 6.03. The molecule has 0 unspecified atom stereocenters. The standard InChI is InChI=1S/C33H24N2O2/c36-33(27-17-16-23-8-1-2-11-26(23)20-27)35-34-21-31-30-15-6-4-10-25(30)18-19-32(31)37-22-28-13-7-12-24-9-3-5-14-29(24)28/h1-21H,22H2,(H,35,36)/b34-21-. The van der Waals surface area contributed by atoms with Gasteiger partial charge in [-0.25, -0.2) is 5.43 Å². The van der Waals surface area contributed by atoms with Gasteiger partial charge in [0.05, 0.1) is 6.21 Å². The van der Waals surface area contributed by atoms with E-state index in [9.17, 15) is 4.79 Å². The number of rotatable bonds is 6. The average molecular weight is 481 g/mol. The van der Waals surface area contributed by atoms with Gasteiger partial charge in [0.15, 0.2) is 0 Å². The van der Waals surface area contributed by atoms with Crippen LogP contribution in [-0.4, -0.2) is 12.1 Å². The number of hydrogen-bond acceptors (Lipinski definition) is 3. The number of nitrogens with zero attached hydrogens (tertiary/aromatic N) is 1. The SMILES string of the molecule is O=C(N/N=C\c1c(OCc2cccc3ccccc23)ccc2ccccc12)c1ccc2ccccc2c1. The number of benzene rings is 6. The lowest BCUT2D eigenvalue weighted by atomic mass is 10.0. The number of carbonyl (C=O) groups is 1. The minimum absolute atomic E-state index is 0.263. The Bertz CT molecular complexity index is 1780. The maximum Gasteiger partial charge on any atom is 0.271 e. The van der Waals surface area contributed by atoms with Gasteiger partial charge in [-0.2, -0.15) is 5.10 Å². The van der Waals surface area contributed by atoms with Gasteiger partial charge in [-0.15, -0.1) is 0 Å². The molecule has 37 heavy (non-hydrogen) atoms. The van der Waals surface area contributed by atoms with Crippen LogP contribution in [0.4, 0.5) is 0 Å². The first-order valence-corrected chi connectivity index (χ1v) is 12.2. The summed E-state index contributed by atoms with van der Waals surface area (Å²) in [5.41, 5.74) is 5.16. The molecule has 0 bridgehead atoms. The normalized spacial score (nSPS) is 11.4. The van der Waals surface area contributed by atoms with E-state index in [0.29, 0.717) is 17.9 Å². The zero-order valence-corrected chi connectivity index (χ0v) is 20.1. The van der Waals surface area contributed by atoms with Crippen LogP contribution in [0.5, 0.6) is 5.75 Å². The average Bonchev–Trinajstić information content (AvgIpc) is 2.96. The van der Waals surface area contributed by atoms with Gasteiger partial charge in [0.2, 0.25) is 0 Å². The largest absolute Gasteiger partial charge is 0.488 e. The summed E-state index contributed by atoms with van der Waals surface area (Å²) in [5.74, 6) is 0.441. The van der Waals surface area contributed by atoms with Crippen molar-refractivity contribution in [2.24, 2.45) is 5.10 Å². The third-order valence-electron chi connectivity index (χ3n) is 6.57. The summed E-state index contributed by atoms with van der Waals surface area (Å²) in [7, 11) is 0. The Morgan fingerprint density at radius 2 is 1.32 bits per heavy atom. The van der Waals surface area contributed by atoms with Gasteiger partial charge in [-0.05, 0) is 56.1 Å². The van der Waals surface area contributed by atoms with E-state index in [1.807, 2.05) is 91.0 Å². The molecule has 0 spiro atoms. The molecule has 0 saturated carbocycles. The molecule has 6 aromatic rings. The van der Waals surface area contributed by atoms with Gasteiger partial charge in [0, 0.05) is 11.1 Å². The fourth-order valence-electron chi connectivity index (χ4n) is 4.66. The van der Waals surface area contributed by atoms with E-state index < -0.39 is 0 Å². The molecule has 0 radical (unpaired) electrons. The Morgan fingerprint density at radius 1 is 0.676 bits per heavy atom. The van der Waals surface area contributed by atoms with E-state index >= 15 is 0 Å². The highest BCUT2D eigenvalue weighted by Crippen LogP contribution is 2.28. The van der Waals surface area contributed by atoms with E-state index in [4.69, 9.17) is 4.74 Å². The second-order valence-electron chi connectivity index (χ2n) is 8.89. The van der Waals surface area contributed by atoms with Gasteiger partial charge in [0.25, 0.3) is 5.91 Å². The molecule has 0 aliphatic rings. The Morgan fingerprint density at radius 3 is 2.16 bits per heavy atom. The summed E-state index contributed by atoms with van der Waals surface area (Å²) in [6, 6.07) is 40.2. The minimum atomic E-state index is -0.263. The predicted octanol–water partition coefficient (Wildman–Crippen LogP) is 7.49. The van der Waals surface area contributed by atoms with Crippen molar-refractivity contribution in [3.8, 4) is 5.75 Å². The third-order valence-corrected chi connectivity index (χ3v) is 6.57. The third kappa shape index (κ3) is 4.65. The number of nitrogens with one attached hydrogen (secondary N) is 1. The second-order valence-corrected chi connectivity index (χ2v) is 8.89. The van der Waals surface area contributed by atoms with Gasteiger partial charge in [-0.1, -0.05) is 103 Å². The van der Waals surface area contributed by atoms with Crippen molar-refractivity contribution in [3.63, 3.8) is 0 Å².